The molecule has 1 aromatic heterocycles. The lowest BCUT2D eigenvalue weighted by atomic mass is 10.1. The summed E-state index contributed by atoms with van der Waals surface area (Å²) in [6.45, 7) is 6.77. The second kappa shape index (κ2) is 5.30. The summed E-state index contributed by atoms with van der Waals surface area (Å²) in [6, 6.07) is 0. The molecule has 17 heavy (non-hydrogen) atoms. The van der Waals surface area contributed by atoms with Crippen molar-refractivity contribution in [2.24, 2.45) is 0 Å². The van der Waals surface area contributed by atoms with Crippen molar-refractivity contribution in [3.63, 3.8) is 0 Å². The molecule has 1 rings (SSSR count). The fourth-order valence-corrected chi connectivity index (χ4v) is 2.05. The Hall–Kier alpha value is -0.690. The zero-order valence-electron chi connectivity index (χ0n) is 10.1. The molecule has 3 nitrogen and oxygen atoms in total. The van der Waals surface area contributed by atoms with E-state index in [4.69, 9.17) is 0 Å². The van der Waals surface area contributed by atoms with Crippen LogP contribution in [-0.2, 0) is 12.8 Å². The van der Waals surface area contributed by atoms with Gasteiger partial charge in [0, 0.05) is 18.5 Å². The molecule has 1 heterocycles. The Labute approximate surface area is 102 Å². The fourth-order valence-electron chi connectivity index (χ4n) is 1.18. The fraction of sp³-hybridized carbons (Fsp3) is 0.800. The van der Waals surface area contributed by atoms with Gasteiger partial charge in [0.05, 0.1) is 6.42 Å². The van der Waals surface area contributed by atoms with Crippen LogP contribution in [-0.4, -0.2) is 28.5 Å². The first-order valence-corrected chi connectivity index (χ1v) is 6.10. The van der Waals surface area contributed by atoms with E-state index < -0.39 is 12.6 Å². The topological polar surface area (TPSA) is 37.8 Å². The quantitative estimate of drug-likeness (QED) is 0.911. The van der Waals surface area contributed by atoms with Crippen molar-refractivity contribution in [3.05, 3.63) is 10.0 Å². The van der Waals surface area contributed by atoms with Gasteiger partial charge in [-0.15, -0.1) is 21.5 Å². The minimum absolute atomic E-state index is 0.000508. The lowest BCUT2D eigenvalue weighted by Gasteiger charge is -2.19. The Kier molecular flexibility index (Phi) is 4.48. The molecule has 0 saturated carbocycles. The van der Waals surface area contributed by atoms with Crippen LogP contribution < -0.4 is 5.32 Å². The summed E-state index contributed by atoms with van der Waals surface area (Å²) in [4.78, 5) is 0. The van der Waals surface area contributed by atoms with Crippen molar-refractivity contribution < 1.29 is 13.2 Å². The van der Waals surface area contributed by atoms with Gasteiger partial charge in [0.15, 0.2) is 0 Å². The molecule has 0 unspecified atom stereocenters. The Bertz CT molecular complexity index is 354. The molecule has 0 aliphatic rings. The standard InChI is InChI=1S/C10H16F3N3S/c1-9(2,3)14-5-4-7-15-16-8(17-7)6-10(11,12)13/h14H,4-6H2,1-3H3. The van der Waals surface area contributed by atoms with Gasteiger partial charge < -0.3 is 5.32 Å². The summed E-state index contributed by atoms with van der Waals surface area (Å²) in [5, 5.41) is 11.2. The van der Waals surface area contributed by atoms with Gasteiger partial charge in [0.2, 0.25) is 0 Å². The van der Waals surface area contributed by atoms with Crippen LogP contribution in [0.1, 0.15) is 30.8 Å². The SMILES string of the molecule is CC(C)(C)NCCc1nnc(CC(F)(F)F)s1. The summed E-state index contributed by atoms with van der Waals surface area (Å²) in [5.74, 6) is 0. The Balaban J connectivity index is 2.41. The highest BCUT2D eigenvalue weighted by Crippen LogP contribution is 2.23. The maximum atomic E-state index is 12.1. The van der Waals surface area contributed by atoms with E-state index in [9.17, 15) is 13.2 Å². The molecule has 0 saturated heterocycles. The third kappa shape index (κ3) is 6.58. The highest BCUT2D eigenvalue weighted by molar-refractivity contribution is 7.11. The maximum absolute atomic E-state index is 12.1. The van der Waals surface area contributed by atoms with Gasteiger partial charge in [-0.25, -0.2) is 0 Å². The number of nitrogens with zero attached hydrogens (tertiary/aromatic N) is 2. The molecular formula is C10H16F3N3S. The number of alkyl halides is 3. The summed E-state index contributed by atoms with van der Waals surface area (Å²) >= 11 is 1.03. The number of halogens is 3. The van der Waals surface area contributed by atoms with E-state index >= 15 is 0 Å². The lowest BCUT2D eigenvalue weighted by molar-refractivity contribution is -0.127. The largest absolute Gasteiger partial charge is 0.395 e. The molecule has 7 heteroatoms. The summed E-state index contributed by atoms with van der Waals surface area (Å²) in [5.41, 5.74) is -0.000508. The van der Waals surface area contributed by atoms with E-state index in [-0.39, 0.29) is 10.5 Å². The normalized spacial score (nSPS) is 13.1. The monoisotopic (exact) mass is 267 g/mol. The Morgan fingerprint density at radius 3 is 2.24 bits per heavy atom. The van der Waals surface area contributed by atoms with Crippen LogP contribution in [0.3, 0.4) is 0 Å². The van der Waals surface area contributed by atoms with Crippen LogP contribution in [0.5, 0.6) is 0 Å². The maximum Gasteiger partial charge on any atom is 0.395 e. The molecular weight excluding hydrogens is 251 g/mol. The van der Waals surface area contributed by atoms with Gasteiger partial charge in [-0.3, -0.25) is 0 Å². The molecule has 98 valence electrons. The zero-order valence-corrected chi connectivity index (χ0v) is 10.9. The number of nitrogens with one attached hydrogen (secondary N) is 1. The molecule has 0 aliphatic carbocycles. The summed E-state index contributed by atoms with van der Waals surface area (Å²) < 4.78 is 36.3. The third-order valence-corrected chi connectivity index (χ3v) is 2.84. The molecule has 0 fully saturated rings. The van der Waals surface area contributed by atoms with E-state index in [1.807, 2.05) is 20.8 Å². The molecule has 0 atom stereocenters. The second-order valence-electron chi connectivity index (χ2n) is 4.81. The highest BCUT2D eigenvalue weighted by Gasteiger charge is 2.29. The van der Waals surface area contributed by atoms with Crippen LogP contribution in [0.4, 0.5) is 13.2 Å². The highest BCUT2D eigenvalue weighted by atomic mass is 32.1. The van der Waals surface area contributed by atoms with Crippen LogP contribution in [0.15, 0.2) is 0 Å². The van der Waals surface area contributed by atoms with Gasteiger partial charge in [-0.1, -0.05) is 0 Å². The van der Waals surface area contributed by atoms with Crippen molar-refractivity contribution in [1.29, 1.82) is 0 Å². The predicted molar refractivity (Wildman–Crippen MR) is 61.1 cm³/mol. The van der Waals surface area contributed by atoms with Gasteiger partial charge >= 0.3 is 6.18 Å². The molecule has 0 spiro atoms. The van der Waals surface area contributed by atoms with Crippen molar-refractivity contribution in [2.75, 3.05) is 6.54 Å². The van der Waals surface area contributed by atoms with E-state index in [0.29, 0.717) is 18.0 Å². The smallest absolute Gasteiger partial charge is 0.312 e. The van der Waals surface area contributed by atoms with Crippen LogP contribution >= 0.6 is 11.3 Å². The van der Waals surface area contributed by atoms with E-state index in [2.05, 4.69) is 15.5 Å². The molecule has 0 aliphatic heterocycles. The Morgan fingerprint density at radius 2 is 1.71 bits per heavy atom. The first-order valence-electron chi connectivity index (χ1n) is 5.29. The van der Waals surface area contributed by atoms with Gasteiger partial charge in [-0.05, 0) is 20.8 Å². The lowest BCUT2D eigenvalue weighted by Crippen LogP contribution is -2.37. The van der Waals surface area contributed by atoms with E-state index in [1.165, 1.54) is 0 Å². The number of hydrogen-bond donors (Lipinski definition) is 1. The minimum atomic E-state index is -4.21. The van der Waals surface area contributed by atoms with E-state index in [1.54, 1.807) is 0 Å². The Morgan fingerprint density at radius 1 is 1.12 bits per heavy atom. The summed E-state index contributed by atoms with van der Waals surface area (Å²) in [7, 11) is 0. The van der Waals surface area contributed by atoms with E-state index in [0.717, 1.165) is 11.3 Å². The minimum Gasteiger partial charge on any atom is -0.312 e. The number of rotatable bonds is 4. The zero-order chi connectivity index (χ0) is 13.1. The molecule has 1 aromatic rings. The number of hydrogen-bond acceptors (Lipinski definition) is 4. The van der Waals surface area contributed by atoms with Crippen molar-refractivity contribution >= 4 is 11.3 Å². The molecule has 0 bridgehead atoms. The summed E-state index contributed by atoms with van der Waals surface area (Å²) in [6.07, 6.45) is -4.59. The van der Waals surface area contributed by atoms with Crippen molar-refractivity contribution in [3.8, 4) is 0 Å². The average molecular weight is 267 g/mol. The molecule has 0 radical (unpaired) electrons. The first-order chi connectivity index (χ1) is 7.66. The van der Waals surface area contributed by atoms with Gasteiger partial charge in [-0.2, -0.15) is 13.2 Å². The van der Waals surface area contributed by atoms with Crippen LogP contribution in [0, 0.1) is 0 Å². The van der Waals surface area contributed by atoms with Gasteiger partial charge in [0.25, 0.3) is 0 Å². The molecule has 1 N–H and O–H groups in total. The third-order valence-electron chi connectivity index (χ3n) is 1.85. The molecule has 0 amide bonds. The average Bonchev–Trinajstić information content (AvgIpc) is 2.46. The molecule has 0 aromatic carbocycles. The van der Waals surface area contributed by atoms with Crippen molar-refractivity contribution in [1.82, 2.24) is 15.5 Å². The van der Waals surface area contributed by atoms with Crippen LogP contribution in [0.25, 0.3) is 0 Å². The predicted octanol–water partition coefficient (Wildman–Crippen LogP) is 2.57. The first kappa shape index (κ1) is 14.4. The number of aromatic nitrogens is 2. The van der Waals surface area contributed by atoms with Gasteiger partial charge in [0.1, 0.15) is 10.0 Å². The second-order valence-corrected chi connectivity index (χ2v) is 5.95. The van der Waals surface area contributed by atoms with Crippen LogP contribution in [0.2, 0.25) is 0 Å². The van der Waals surface area contributed by atoms with Crippen molar-refractivity contribution in [2.45, 2.75) is 45.3 Å².